The van der Waals surface area contributed by atoms with Crippen LogP contribution in [-0.4, -0.2) is 53.2 Å². The van der Waals surface area contributed by atoms with E-state index in [9.17, 15) is 19.2 Å². The molecule has 0 radical (unpaired) electrons. The monoisotopic (exact) mass is 289 g/mol. The van der Waals surface area contributed by atoms with Gasteiger partial charge in [-0.25, -0.2) is 9.59 Å². The third-order valence-electron chi connectivity index (χ3n) is 2.19. The van der Waals surface area contributed by atoms with E-state index in [-0.39, 0.29) is 18.9 Å². The summed E-state index contributed by atoms with van der Waals surface area (Å²) in [5.74, 6) is -3.01. The Bertz CT molecular complexity index is 371. The van der Waals surface area contributed by atoms with Crippen molar-refractivity contribution >= 4 is 23.9 Å². The van der Waals surface area contributed by atoms with Crippen molar-refractivity contribution in [1.82, 2.24) is 16.0 Å². The molecule has 0 aromatic heterocycles. The van der Waals surface area contributed by atoms with Crippen LogP contribution in [0.5, 0.6) is 0 Å². The molecule has 0 fully saturated rings. The van der Waals surface area contributed by atoms with Crippen molar-refractivity contribution in [3.05, 3.63) is 0 Å². The lowest BCUT2D eigenvalue weighted by atomic mass is 10.2. The van der Waals surface area contributed by atoms with E-state index in [2.05, 4.69) is 10.6 Å². The fourth-order valence-corrected chi connectivity index (χ4v) is 1.23. The van der Waals surface area contributed by atoms with E-state index >= 15 is 0 Å². The Morgan fingerprint density at radius 2 is 1.70 bits per heavy atom. The van der Waals surface area contributed by atoms with E-state index in [0.717, 1.165) is 6.42 Å². The number of aliphatic carboxylic acids is 2. The summed E-state index contributed by atoms with van der Waals surface area (Å²) in [6.07, 6.45) is 0.138. The van der Waals surface area contributed by atoms with Gasteiger partial charge in [-0.2, -0.15) is 0 Å². The van der Waals surface area contributed by atoms with Crippen molar-refractivity contribution in [2.24, 2.45) is 0 Å². The fourth-order valence-electron chi connectivity index (χ4n) is 1.23. The van der Waals surface area contributed by atoms with Crippen molar-refractivity contribution in [2.75, 3.05) is 13.1 Å². The number of amides is 3. The summed E-state index contributed by atoms with van der Waals surface area (Å²) in [7, 11) is 0. The zero-order valence-corrected chi connectivity index (χ0v) is 11.1. The number of rotatable bonds is 9. The van der Waals surface area contributed by atoms with Gasteiger partial charge in [-0.05, 0) is 6.42 Å². The lowest BCUT2D eigenvalue weighted by Crippen LogP contribution is -2.47. The van der Waals surface area contributed by atoms with Crippen molar-refractivity contribution in [2.45, 2.75) is 32.2 Å². The predicted molar refractivity (Wildman–Crippen MR) is 68.1 cm³/mol. The molecule has 0 aliphatic heterocycles. The fraction of sp³-hybridized carbons (Fsp3) is 0.636. The average Bonchev–Trinajstić information content (AvgIpc) is 2.34. The molecule has 0 aliphatic rings. The van der Waals surface area contributed by atoms with Gasteiger partial charge in [-0.3, -0.25) is 9.59 Å². The molecule has 114 valence electrons. The van der Waals surface area contributed by atoms with E-state index in [0.29, 0.717) is 6.54 Å². The third kappa shape index (κ3) is 8.72. The van der Waals surface area contributed by atoms with Crippen molar-refractivity contribution < 1.29 is 29.4 Å². The van der Waals surface area contributed by atoms with Gasteiger partial charge in [-0.1, -0.05) is 6.92 Å². The highest BCUT2D eigenvalue weighted by Gasteiger charge is 2.22. The van der Waals surface area contributed by atoms with Gasteiger partial charge < -0.3 is 26.2 Å². The molecule has 0 saturated heterocycles. The smallest absolute Gasteiger partial charge is 0.326 e. The molecule has 0 rings (SSSR count). The summed E-state index contributed by atoms with van der Waals surface area (Å²) < 4.78 is 0. The first-order chi connectivity index (χ1) is 9.36. The lowest BCUT2D eigenvalue weighted by Gasteiger charge is -2.13. The number of carbonyl (C=O) groups is 4. The lowest BCUT2D eigenvalue weighted by molar-refractivity contribution is -0.145. The molecule has 0 bridgehead atoms. The van der Waals surface area contributed by atoms with Crippen LogP contribution in [0.2, 0.25) is 0 Å². The molecular formula is C11H19N3O6. The number of carboxylic acids is 2. The van der Waals surface area contributed by atoms with Crippen LogP contribution in [-0.2, 0) is 14.4 Å². The van der Waals surface area contributed by atoms with E-state index in [1.54, 1.807) is 0 Å². The first-order valence-corrected chi connectivity index (χ1v) is 6.12. The molecule has 3 amide bonds. The van der Waals surface area contributed by atoms with Crippen LogP contribution in [0, 0.1) is 0 Å². The molecule has 9 nitrogen and oxygen atoms in total. The number of carbonyl (C=O) groups excluding carboxylic acids is 2. The minimum Gasteiger partial charge on any atom is -0.481 e. The Kier molecular flexibility index (Phi) is 8.48. The molecule has 0 aromatic carbocycles. The third-order valence-corrected chi connectivity index (χ3v) is 2.19. The van der Waals surface area contributed by atoms with Gasteiger partial charge in [0.25, 0.3) is 0 Å². The highest BCUT2D eigenvalue weighted by atomic mass is 16.4. The van der Waals surface area contributed by atoms with Crippen LogP contribution in [0.3, 0.4) is 0 Å². The molecule has 5 N–H and O–H groups in total. The van der Waals surface area contributed by atoms with Gasteiger partial charge in [0, 0.05) is 19.5 Å². The number of carboxylic acid groups (broad SMARTS) is 2. The Labute approximate surface area is 115 Å². The summed E-state index contributed by atoms with van der Waals surface area (Å²) in [5, 5.41) is 24.1. The van der Waals surface area contributed by atoms with Gasteiger partial charge in [0.15, 0.2) is 0 Å². The molecule has 9 heteroatoms. The first-order valence-electron chi connectivity index (χ1n) is 6.12. The standard InChI is InChI=1S/C11H19N3O6/c1-2-4-12-8(15)3-5-13-11(20)14-7(10(18)19)6-9(16)17/h7H,2-6H2,1H3,(H,12,15)(H,16,17)(H,18,19)(H2,13,14,20)/t7-/m1/s1. The Balaban J connectivity index is 3.99. The van der Waals surface area contributed by atoms with Crippen LogP contribution >= 0.6 is 0 Å². The minimum absolute atomic E-state index is 0.0286. The summed E-state index contributed by atoms with van der Waals surface area (Å²) in [5.41, 5.74) is 0. The summed E-state index contributed by atoms with van der Waals surface area (Å²) in [4.78, 5) is 43.6. The number of hydrogen-bond donors (Lipinski definition) is 5. The molecular weight excluding hydrogens is 270 g/mol. The summed E-state index contributed by atoms with van der Waals surface area (Å²) in [6, 6.07) is -2.34. The average molecular weight is 289 g/mol. The Morgan fingerprint density at radius 3 is 2.20 bits per heavy atom. The Morgan fingerprint density at radius 1 is 1.05 bits per heavy atom. The molecule has 0 aromatic rings. The van der Waals surface area contributed by atoms with Crippen molar-refractivity contribution in [3.63, 3.8) is 0 Å². The molecule has 0 heterocycles. The van der Waals surface area contributed by atoms with Crippen LogP contribution < -0.4 is 16.0 Å². The maximum Gasteiger partial charge on any atom is 0.326 e. The maximum absolute atomic E-state index is 11.3. The predicted octanol–water partition coefficient (Wildman–Crippen LogP) is -0.870. The van der Waals surface area contributed by atoms with Crippen LogP contribution in [0.1, 0.15) is 26.2 Å². The van der Waals surface area contributed by atoms with E-state index < -0.39 is 30.4 Å². The van der Waals surface area contributed by atoms with Gasteiger partial charge in [0.1, 0.15) is 6.04 Å². The van der Waals surface area contributed by atoms with Crippen molar-refractivity contribution in [1.29, 1.82) is 0 Å². The van der Waals surface area contributed by atoms with Crippen molar-refractivity contribution in [3.8, 4) is 0 Å². The Hall–Kier alpha value is -2.32. The summed E-state index contributed by atoms with van der Waals surface area (Å²) >= 11 is 0. The number of urea groups is 1. The van der Waals surface area contributed by atoms with E-state index in [4.69, 9.17) is 10.2 Å². The zero-order valence-electron chi connectivity index (χ0n) is 11.1. The quantitative estimate of drug-likeness (QED) is 0.373. The molecule has 0 saturated carbocycles. The highest BCUT2D eigenvalue weighted by molar-refractivity contribution is 5.86. The van der Waals surface area contributed by atoms with Crippen LogP contribution in [0.4, 0.5) is 4.79 Å². The zero-order chi connectivity index (χ0) is 15.5. The molecule has 0 unspecified atom stereocenters. The van der Waals surface area contributed by atoms with Gasteiger partial charge in [-0.15, -0.1) is 0 Å². The molecule has 1 atom stereocenters. The second kappa shape index (κ2) is 9.59. The van der Waals surface area contributed by atoms with Gasteiger partial charge in [0.05, 0.1) is 6.42 Å². The molecule has 0 aliphatic carbocycles. The first kappa shape index (κ1) is 17.7. The molecule has 0 spiro atoms. The highest BCUT2D eigenvalue weighted by Crippen LogP contribution is 1.92. The second-order valence-electron chi connectivity index (χ2n) is 3.99. The maximum atomic E-state index is 11.3. The van der Waals surface area contributed by atoms with E-state index in [1.165, 1.54) is 0 Å². The second-order valence-corrected chi connectivity index (χ2v) is 3.99. The van der Waals surface area contributed by atoms with Crippen LogP contribution in [0.25, 0.3) is 0 Å². The normalized spacial score (nSPS) is 11.2. The summed E-state index contributed by atoms with van der Waals surface area (Å²) in [6.45, 7) is 2.48. The molecule has 20 heavy (non-hydrogen) atoms. The SMILES string of the molecule is CCCNC(=O)CCNC(=O)N[C@H](CC(=O)O)C(=O)O. The largest absolute Gasteiger partial charge is 0.481 e. The topological polar surface area (TPSA) is 145 Å². The minimum atomic E-state index is -1.51. The number of nitrogens with one attached hydrogen (secondary N) is 3. The number of hydrogen-bond acceptors (Lipinski definition) is 4. The van der Waals surface area contributed by atoms with E-state index in [1.807, 2.05) is 12.2 Å². The van der Waals surface area contributed by atoms with Gasteiger partial charge in [0.2, 0.25) is 5.91 Å². The van der Waals surface area contributed by atoms with Gasteiger partial charge >= 0.3 is 18.0 Å². The van der Waals surface area contributed by atoms with Crippen LogP contribution in [0.15, 0.2) is 0 Å².